The van der Waals surface area contributed by atoms with E-state index in [0.29, 0.717) is 32.9 Å². The van der Waals surface area contributed by atoms with Gasteiger partial charge in [0, 0.05) is 73.4 Å². The van der Waals surface area contributed by atoms with Crippen molar-refractivity contribution >= 4 is 40.2 Å². The smallest absolute Gasteiger partial charge is 0.337 e. The molecule has 0 unspecified atom stereocenters. The zero-order valence-corrected chi connectivity index (χ0v) is 20.3. The fourth-order valence-corrected chi connectivity index (χ4v) is 5.26. The summed E-state index contributed by atoms with van der Waals surface area (Å²) in [6.07, 6.45) is 3.05. The van der Waals surface area contributed by atoms with Gasteiger partial charge in [-0.1, -0.05) is 11.6 Å². The van der Waals surface area contributed by atoms with Crippen molar-refractivity contribution in [1.29, 1.82) is 0 Å². The molecule has 9 nitrogen and oxygen atoms in total. The average molecular weight is 498 g/mol. The molecule has 2 fully saturated rings. The number of aromatic carboxylic acids is 1. The second-order valence-electron chi connectivity index (χ2n) is 8.95. The molecular weight excluding hydrogens is 470 g/mol. The van der Waals surface area contributed by atoms with E-state index in [2.05, 4.69) is 15.2 Å². The maximum atomic E-state index is 12.9. The van der Waals surface area contributed by atoms with Gasteiger partial charge in [0.1, 0.15) is 5.82 Å². The molecule has 5 rings (SSSR count). The van der Waals surface area contributed by atoms with E-state index in [0.717, 1.165) is 57.9 Å². The first-order valence-electron chi connectivity index (χ1n) is 11.8. The molecule has 2 aliphatic heterocycles. The largest absolute Gasteiger partial charge is 0.480 e. The molecule has 0 aliphatic carbocycles. The standard InChI is InChI=1S/C25H28ClN5O4/c1-35-23-16(17-12-18-19(25(33)34)14-28-21(18)13-20(17)26)2-3-22(29-23)30-8-4-15(5-9-30)24(32)31-10-6-27-7-11-31/h2-3,12-15,27-28H,4-11H2,1H3,(H,33,34). The number of methoxy groups -OCH3 is 1. The summed E-state index contributed by atoms with van der Waals surface area (Å²) >= 11 is 6.55. The maximum Gasteiger partial charge on any atom is 0.337 e. The lowest BCUT2D eigenvalue weighted by Gasteiger charge is -2.36. The number of carbonyl (C=O) groups excluding carboxylic acids is 1. The SMILES string of the molecule is COc1nc(N2CCC(C(=O)N3CCNCC3)CC2)ccc1-c1cc2c(C(=O)O)c[nH]c2cc1Cl. The third-order valence-corrected chi connectivity index (χ3v) is 7.24. The number of rotatable bonds is 5. The number of piperidine rings is 1. The van der Waals surface area contributed by atoms with Crippen molar-refractivity contribution in [3.8, 4) is 17.0 Å². The molecule has 3 aromatic rings. The number of H-pyrrole nitrogens is 1. The molecule has 0 spiro atoms. The van der Waals surface area contributed by atoms with Gasteiger partial charge in [0.15, 0.2) is 0 Å². The molecule has 2 aromatic heterocycles. The van der Waals surface area contributed by atoms with Crippen LogP contribution in [0.3, 0.4) is 0 Å². The number of halogens is 1. The van der Waals surface area contributed by atoms with E-state index in [1.165, 1.54) is 6.20 Å². The molecule has 1 amide bonds. The molecular formula is C25H28ClN5O4. The van der Waals surface area contributed by atoms with Gasteiger partial charge in [-0.05, 0) is 37.1 Å². The molecule has 0 saturated carbocycles. The van der Waals surface area contributed by atoms with Crippen molar-refractivity contribution in [2.45, 2.75) is 12.8 Å². The van der Waals surface area contributed by atoms with Gasteiger partial charge in [0.25, 0.3) is 0 Å². The number of benzene rings is 1. The number of fused-ring (bicyclic) bond motifs is 1. The number of aromatic amines is 1. The topological polar surface area (TPSA) is 111 Å². The van der Waals surface area contributed by atoms with Crippen molar-refractivity contribution in [2.75, 3.05) is 51.3 Å². The number of piperazine rings is 1. The summed E-state index contributed by atoms with van der Waals surface area (Å²) in [6.45, 7) is 4.78. The fourth-order valence-electron chi connectivity index (χ4n) is 4.99. The van der Waals surface area contributed by atoms with Crippen LogP contribution in [0.5, 0.6) is 5.88 Å². The number of hydrogen-bond acceptors (Lipinski definition) is 6. The van der Waals surface area contributed by atoms with Crippen LogP contribution in [0.4, 0.5) is 5.82 Å². The first-order chi connectivity index (χ1) is 17.0. The molecule has 10 heteroatoms. The number of nitrogens with one attached hydrogen (secondary N) is 2. The second kappa shape index (κ2) is 9.75. The van der Waals surface area contributed by atoms with Crippen LogP contribution in [-0.4, -0.2) is 78.2 Å². The van der Waals surface area contributed by atoms with E-state index < -0.39 is 5.97 Å². The van der Waals surface area contributed by atoms with E-state index in [1.54, 1.807) is 19.2 Å². The van der Waals surface area contributed by atoms with E-state index in [1.807, 2.05) is 17.0 Å². The summed E-state index contributed by atoms with van der Waals surface area (Å²) in [5.41, 5.74) is 2.17. The Balaban J connectivity index is 1.36. The summed E-state index contributed by atoms with van der Waals surface area (Å²) < 4.78 is 5.61. The van der Waals surface area contributed by atoms with Crippen molar-refractivity contribution in [3.63, 3.8) is 0 Å². The van der Waals surface area contributed by atoms with Gasteiger partial charge < -0.3 is 29.9 Å². The highest BCUT2D eigenvalue weighted by Crippen LogP contribution is 2.38. The van der Waals surface area contributed by atoms with Crippen molar-refractivity contribution in [2.24, 2.45) is 5.92 Å². The van der Waals surface area contributed by atoms with Crippen LogP contribution in [0.2, 0.25) is 5.02 Å². The number of carboxylic acids is 1. The zero-order valence-electron chi connectivity index (χ0n) is 19.5. The van der Waals surface area contributed by atoms with Crippen LogP contribution >= 0.6 is 11.6 Å². The molecule has 184 valence electrons. The van der Waals surface area contributed by atoms with Gasteiger partial charge in [-0.15, -0.1) is 0 Å². The normalized spacial score (nSPS) is 17.1. The first-order valence-corrected chi connectivity index (χ1v) is 12.2. The number of ether oxygens (including phenoxy) is 1. The highest BCUT2D eigenvalue weighted by molar-refractivity contribution is 6.34. The number of carbonyl (C=O) groups is 2. The van der Waals surface area contributed by atoms with E-state index in [9.17, 15) is 14.7 Å². The summed E-state index contributed by atoms with van der Waals surface area (Å²) in [4.78, 5) is 36.3. The van der Waals surface area contributed by atoms with Crippen LogP contribution < -0.4 is 15.0 Å². The third-order valence-electron chi connectivity index (χ3n) is 6.93. The van der Waals surface area contributed by atoms with Crippen molar-refractivity contribution in [3.05, 3.63) is 41.0 Å². The molecule has 0 atom stereocenters. The molecule has 2 saturated heterocycles. The minimum absolute atomic E-state index is 0.0563. The number of amides is 1. The Hall–Kier alpha value is -3.30. The van der Waals surface area contributed by atoms with Crippen LogP contribution in [0.1, 0.15) is 23.2 Å². The predicted molar refractivity (Wildman–Crippen MR) is 134 cm³/mol. The number of nitrogens with zero attached hydrogens (tertiary/aromatic N) is 3. The zero-order chi connectivity index (χ0) is 24.5. The molecule has 3 N–H and O–H groups in total. The predicted octanol–water partition coefficient (Wildman–Crippen LogP) is 3.24. The number of hydrogen-bond donors (Lipinski definition) is 3. The first kappa shape index (κ1) is 23.4. The number of pyridine rings is 1. The van der Waals surface area contributed by atoms with Gasteiger partial charge >= 0.3 is 5.97 Å². The van der Waals surface area contributed by atoms with E-state index in [-0.39, 0.29) is 17.4 Å². The van der Waals surface area contributed by atoms with Gasteiger partial charge in [-0.25, -0.2) is 4.79 Å². The third kappa shape index (κ3) is 4.53. The summed E-state index contributed by atoms with van der Waals surface area (Å²) in [5, 5.41) is 13.8. The van der Waals surface area contributed by atoms with E-state index in [4.69, 9.17) is 21.3 Å². The molecule has 0 bridgehead atoms. The van der Waals surface area contributed by atoms with Gasteiger partial charge in [-0.2, -0.15) is 4.98 Å². The number of carboxylic acid groups (broad SMARTS) is 1. The molecule has 4 heterocycles. The Morgan fingerprint density at radius 3 is 2.54 bits per heavy atom. The minimum atomic E-state index is -1.01. The molecule has 0 radical (unpaired) electrons. The van der Waals surface area contributed by atoms with Gasteiger partial charge in [0.2, 0.25) is 11.8 Å². The molecule has 1 aromatic carbocycles. The maximum absolute atomic E-state index is 12.9. The Morgan fingerprint density at radius 1 is 1.11 bits per heavy atom. The lowest BCUT2D eigenvalue weighted by Crippen LogP contribution is -2.50. The van der Waals surface area contributed by atoms with Crippen molar-refractivity contribution < 1.29 is 19.4 Å². The molecule has 2 aliphatic rings. The highest BCUT2D eigenvalue weighted by Gasteiger charge is 2.30. The summed E-state index contributed by atoms with van der Waals surface area (Å²) in [7, 11) is 1.55. The quantitative estimate of drug-likeness (QED) is 0.496. The van der Waals surface area contributed by atoms with Gasteiger partial charge in [0.05, 0.1) is 17.7 Å². The minimum Gasteiger partial charge on any atom is -0.480 e. The Bertz CT molecular complexity index is 1260. The average Bonchev–Trinajstić information content (AvgIpc) is 3.31. The van der Waals surface area contributed by atoms with Crippen LogP contribution in [0.25, 0.3) is 22.0 Å². The summed E-state index contributed by atoms with van der Waals surface area (Å²) in [6, 6.07) is 7.29. The van der Waals surface area contributed by atoms with Crippen LogP contribution in [0, 0.1) is 5.92 Å². The monoisotopic (exact) mass is 497 g/mol. The number of anilines is 1. The second-order valence-corrected chi connectivity index (χ2v) is 9.36. The Kier molecular flexibility index (Phi) is 6.53. The van der Waals surface area contributed by atoms with Crippen molar-refractivity contribution in [1.82, 2.24) is 20.2 Å². The van der Waals surface area contributed by atoms with Crippen LogP contribution in [-0.2, 0) is 4.79 Å². The Morgan fingerprint density at radius 2 is 1.86 bits per heavy atom. The molecule has 35 heavy (non-hydrogen) atoms. The van der Waals surface area contributed by atoms with Gasteiger partial charge in [-0.3, -0.25) is 4.79 Å². The Labute approximate surface area is 208 Å². The fraction of sp³-hybridized carbons (Fsp3) is 0.400. The highest BCUT2D eigenvalue weighted by atomic mass is 35.5. The lowest BCUT2D eigenvalue weighted by atomic mass is 9.95. The summed E-state index contributed by atoms with van der Waals surface area (Å²) in [5.74, 6) is 0.506. The van der Waals surface area contributed by atoms with E-state index >= 15 is 0 Å². The number of aromatic nitrogens is 2. The van der Waals surface area contributed by atoms with Crippen LogP contribution in [0.15, 0.2) is 30.5 Å². The lowest BCUT2D eigenvalue weighted by molar-refractivity contribution is -0.136.